The lowest BCUT2D eigenvalue weighted by Crippen LogP contribution is -2.37. The summed E-state index contributed by atoms with van der Waals surface area (Å²) in [6.45, 7) is 2.51. The van der Waals surface area contributed by atoms with Gasteiger partial charge in [0.1, 0.15) is 0 Å². The lowest BCUT2D eigenvalue weighted by atomic mass is 10.1. The van der Waals surface area contributed by atoms with E-state index in [4.69, 9.17) is 14.2 Å². The van der Waals surface area contributed by atoms with Gasteiger partial charge in [-0.2, -0.15) is 13.2 Å². The average molecular weight is 390 g/mol. The van der Waals surface area contributed by atoms with Crippen LogP contribution in [0.2, 0.25) is 0 Å². The van der Waals surface area contributed by atoms with Crippen molar-refractivity contribution in [1.82, 2.24) is 0 Å². The Morgan fingerprint density at radius 2 is 1.37 bits per heavy atom. The van der Waals surface area contributed by atoms with Crippen LogP contribution < -0.4 is 0 Å². The number of ether oxygens (including phenoxy) is 3. The van der Waals surface area contributed by atoms with Crippen molar-refractivity contribution in [3.63, 3.8) is 0 Å². The fourth-order valence-electron chi connectivity index (χ4n) is 2.96. The highest BCUT2D eigenvalue weighted by Gasteiger charge is 2.31. The molecular weight excluding hydrogens is 357 g/mol. The number of hydrogen-bond acceptors (Lipinski definition) is 3. The fraction of sp³-hybridized carbons (Fsp3) is 0.714. The Hall–Kier alpha value is -1.11. The van der Waals surface area contributed by atoms with Gasteiger partial charge in [-0.1, -0.05) is 57.6 Å². The van der Waals surface area contributed by atoms with Gasteiger partial charge in [0.25, 0.3) is 5.97 Å². The molecule has 0 saturated heterocycles. The molecule has 1 rings (SSSR count). The highest BCUT2D eigenvalue weighted by atomic mass is 19.4. The molecule has 0 bridgehead atoms. The van der Waals surface area contributed by atoms with Crippen molar-refractivity contribution in [2.24, 2.45) is 0 Å². The quantitative estimate of drug-likeness (QED) is 0.274. The number of benzene rings is 1. The molecule has 27 heavy (non-hydrogen) atoms. The average Bonchev–Trinajstić information content (AvgIpc) is 2.65. The zero-order chi connectivity index (χ0) is 20.2. The third-order valence-corrected chi connectivity index (χ3v) is 4.70. The second-order valence-electron chi connectivity index (χ2n) is 6.76. The van der Waals surface area contributed by atoms with Crippen molar-refractivity contribution in [1.29, 1.82) is 0 Å². The first-order valence-corrected chi connectivity index (χ1v) is 9.77. The van der Waals surface area contributed by atoms with Crippen LogP contribution in [0.15, 0.2) is 24.3 Å². The van der Waals surface area contributed by atoms with Crippen LogP contribution in [0.5, 0.6) is 0 Å². The topological polar surface area (TPSA) is 27.7 Å². The number of hydrogen-bond donors (Lipinski definition) is 0. The third kappa shape index (κ3) is 9.08. The molecule has 0 aliphatic rings. The van der Waals surface area contributed by atoms with Gasteiger partial charge < -0.3 is 14.2 Å². The van der Waals surface area contributed by atoms with Gasteiger partial charge in [-0.05, 0) is 30.5 Å². The first-order chi connectivity index (χ1) is 12.9. The van der Waals surface area contributed by atoms with Crippen LogP contribution in [-0.4, -0.2) is 26.8 Å². The van der Waals surface area contributed by atoms with Crippen LogP contribution >= 0.6 is 0 Å². The molecule has 1 aromatic carbocycles. The molecule has 0 amide bonds. The molecule has 0 N–H and O–H groups in total. The van der Waals surface area contributed by atoms with Crippen molar-refractivity contribution in [2.45, 2.75) is 76.9 Å². The molecule has 0 saturated carbocycles. The van der Waals surface area contributed by atoms with Crippen LogP contribution in [0, 0.1) is 0 Å². The van der Waals surface area contributed by atoms with Crippen LogP contribution in [0.3, 0.4) is 0 Å². The second-order valence-corrected chi connectivity index (χ2v) is 6.76. The molecule has 0 unspecified atom stereocenters. The maximum Gasteiger partial charge on any atom is 0.416 e. The SMILES string of the molecule is CCCCCCCCCC(OC)(OC)OCCc1ccc(C(F)(F)F)cc1. The summed E-state index contributed by atoms with van der Waals surface area (Å²) in [5.41, 5.74) is 0.134. The summed E-state index contributed by atoms with van der Waals surface area (Å²) in [6.07, 6.45) is 5.08. The molecule has 156 valence electrons. The van der Waals surface area contributed by atoms with Crippen molar-refractivity contribution in [3.05, 3.63) is 35.4 Å². The number of alkyl halides is 3. The molecule has 0 aliphatic heterocycles. The summed E-state index contributed by atoms with van der Waals surface area (Å²) < 4.78 is 54.5. The van der Waals surface area contributed by atoms with Crippen molar-refractivity contribution >= 4 is 0 Å². The Labute approximate surface area is 161 Å². The standard InChI is InChI=1S/C21H33F3O3/c1-4-5-6-7-8-9-10-16-20(25-2,26-3)27-17-15-18-11-13-19(14-12-18)21(22,23)24/h11-14H,4-10,15-17H2,1-3H3. The number of methoxy groups -OCH3 is 2. The van der Waals surface area contributed by atoms with Crippen LogP contribution in [0.4, 0.5) is 13.2 Å². The first kappa shape index (κ1) is 23.9. The van der Waals surface area contributed by atoms with Gasteiger partial charge in [-0.15, -0.1) is 0 Å². The van der Waals surface area contributed by atoms with E-state index in [0.717, 1.165) is 30.5 Å². The predicted molar refractivity (Wildman–Crippen MR) is 100 cm³/mol. The molecule has 1 aromatic rings. The van der Waals surface area contributed by atoms with E-state index in [1.165, 1.54) is 44.2 Å². The fourth-order valence-corrected chi connectivity index (χ4v) is 2.96. The Kier molecular flexibility index (Phi) is 11.0. The number of rotatable bonds is 14. The van der Waals surface area contributed by atoms with Gasteiger partial charge in [0.2, 0.25) is 0 Å². The maximum absolute atomic E-state index is 12.6. The van der Waals surface area contributed by atoms with E-state index in [2.05, 4.69) is 6.92 Å². The summed E-state index contributed by atoms with van der Waals surface area (Å²) in [5, 5.41) is 0. The lowest BCUT2D eigenvalue weighted by Gasteiger charge is -2.30. The largest absolute Gasteiger partial charge is 0.416 e. The van der Waals surface area contributed by atoms with Gasteiger partial charge in [0.05, 0.1) is 12.2 Å². The van der Waals surface area contributed by atoms with Crippen molar-refractivity contribution in [3.8, 4) is 0 Å². The summed E-state index contributed by atoms with van der Waals surface area (Å²) >= 11 is 0. The molecule has 3 nitrogen and oxygen atoms in total. The molecule has 6 heteroatoms. The molecular formula is C21H33F3O3. The zero-order valence-electron chi connectivity index (χ0n) is 16.7. The summed E-state index contributed by atoms with van der Waals surface area (Å²) in [5.74, 6) is -1.09. The first-order valence-electron chi connectivity index (χ1n) is 9.77. The molecule has 0 aromatic heterocycles. The van der Waals surface area contributed by atoms with Crippen LogP contribution in [-0.2, 0) is 26.8 Å². The summed E-state index contributed by atoms with van der Waals surface area (Å²) in [4.78, 5) is 0. The monoisotopic (exact) mass is 390 g/mol. The van der Waals surface area contributed by atoms with Gasteiger partial charge in [-0.3, -0.25) is 0 Å². The predicted octanol–water partition coefficient (Wildman–Crippen LogP) is 6.35. The number of unbranched alkanes of at least 4 members (excludes halogenated alkanes) is 6. The van der Waals surface area contributed by atoms with E-state index in [1.54, 1.807) is 14.2 Å². The Morgan fingerprint density at radius 1 is 0.815 bits per heavy atom. The molecule has 0 radical (unpaired) electrons. The smallest absolute Gasteiger partial charge is 0.331 e. The highest BCUT2D eigenvalue weighted by molar-refractivity contribution is 5.24. The zero-order valence-corrected chi connectivity index (χ0v) is 16.7. The summed E-state index contributed by atoms with van der Waals surface area (Å²) in [6, 6.07) is 5.13. The van der Waals surface area contributed by atoms with E-state index in [0.29, 0.717) is 19.4 Å². The summed E-state index contributed by atoms with van der Waals surface area (Å²) in [7, 11) is 3.09. The minimum absolute atomic E-state index is 0.309. The minimum atomic E-state index is -4.31. The van der Waals surface area contributed by atoms with Crippen molar-refractivity contribution in [2.75, 3.05) is 20.8 Å². The Morgan fingerprint density at radius 3 is 1.89 bits per heavy atom. The minimum Gasteiger partial charge on any atom is -0.331 e. The van der Waals surface area contributed by atoms with Gasteiger partial charge >= 0.3 is 6.18 Å². The van der Waals surface area contributed by atoms with E-state index >= 15 is 0 Å². The second kappa shape index (κ2) is 12.4. The molecule has 0 spiro atoms. The molecule has 0 aliphatic carbocycles. The van der Waals surface area contributed by atoms with Gasteiger partial charge in [0, 0.05) is 20.6 Å². The van der Waals surface area contributed by atoms with Crippen molar-refractivity contribution < 1.29 is 27.4 Å². The van der Waals surface area contributed by atoms with E-state index in [9.17, 15) is 13.2 Å². The Balaban J connectivity index is 2.38. The van der Waals surface area contributed by atoms with Gasteiger partial charge in [0.15, 0.2) is 0 Å². The molecule has 0 atom stereocenters. The molecule has 0 heterocycles. The van der Waals surface area contributed by atoms with E-state index in [1.807, 2.05) is 0 Å². The van der Waals surface area contributed by atoms with Crippen LogP contribution in [0.1, 0.15) is 69.4 Å². The lowest BCUT2D eigenvalue weighted by molar-refractivity contribution is -0.365. The van der Waals surface area contributed by atoms with E-state index < -0.39 is 17.7 Å². The number of halogens is 3. The van der Waals surface area contributed by atoms with Crippen LogP contribution in [0.25, 0.3) is 0 Å². The maximum atomic E-state index is 12.6. The normalized spacial score (nSPS) is 12.5. The third-order valence-electron chi connectivity index (χ3n) is 4.70. The Bertz CT molecular complexity index is 496. The van der Waals surface area contributed by atoms with Gasteiger partial charge in [-0.25, -0.2) is 0 Å². The highest BCUT2D eigenvalue weighted by Crippen LogP contribution is 2.29. The van der Waals surface area contributed by atoms with E-state index in [-0.39, 0.29) is 0 Å². The molecule has 0 fully saturated rings.